The van der Waals surface area contributed by atoms with Gasteiger partial charge in [-0.3, -0.25) is 9.59 Å². The van der Waals surface area contributed by atoms with Gasteiger partial charge in [0.25, 0.3) is 0 Å². The standard InChI is InChI=1S/C14H21NO7S/c1-13(2,3)12(18)22-7-21-11(17)10-14(4,5)23(19,20)9-6-8(16)15(9)10/h9-10H,6-7H2,1-5H3/t9-,10+/m0/s1. The summed E-state index contributed by atoms with van der Waals surface area (Å²) in [6, 6.07) is -1.23. The molecule has 2 saturated heterocycles. The second-order valence-corrected chi connectivity index (χ2v) is 9.96. The number of sulfone groups is 1. The van der Waals surface area contributed by atoms with E-state index in [1.165, 1.54) is 13.8 Å². The molecule has 0 saturated carbocycles. The van der Waals surface area contributed by atoms with Crippen LogP contribution >= 0.6 is 0 Å². The summed E-state index contributed by atoms with van der Waals surface area (Å²) in [5, 5.41) is -0.973. The molecule has 0 aromatic carbocycles. The molecule has 9 heteroatoms. The van der Waals surface area contributed by atoms with Crippen LogP contribution < -0.4 is 0 Å². The molecule has 23 heavy (non-hydrogen) atoms. The van der Waals surface area contributed by atoms with Crippen LogP contribution in [-0.4, -0.2) is 54.1 Å². The van der Waals surface area contributed by atoms with Crippen molar-refractivity contribution >= 4 is 27.7 Å². The van der Waals surface area contributed by atoms with Crippen LogP contribution in [0.25, 0.3) is 0 Å². The van der Waals surface area contributed by atoms with Crippen LogP contribution in [0.15, 0.2) is 0 Å². The zero-order valence-electron chi connectivity index (χ0n) is 13.8. The van der Waals surface area contributed by atoms with Crippen LogP contribution in [0.1, 0.15) is 41.0 Å². The molecule has 0 bridgehead atoms. The van der Waals surface area contributed by atoms with E-state index < -0.39 is 56.1 Å². The molecule has 130 valence electrons. The van der Waals surface area contributed by atoms with Crippen molar-refractivity contribution in [2.75, 3.05) is 6.79 Å². The molecule has 2 aliphatic heterocycles. The predicted molar refractivity (Wildman–Crippen MR) is 78.5 cm³/mol. The van der Waals surface area contributed by atoms with Gasteiger partial charge < -0.3 is 14.4 Å². The van der Waals surface area contributed by atoms with Crippen molar-refractivity contribution < 1.29 is 32.3 Å². The molecule has 0 aliphatic carbocycles. The Kier molecular flexibility index (Phi) is 3.99. The van der Waals surface area contributed by atoms with Crippen molar-refractivity contribution in [3.63, 3.8) is 0 Å². The monoisotopic (exact) mass is 347 g/mol. The van der Waals surface area contributed by atoms with Gasteiger partial charge in [-0.25, -0.2) is 13.2 Å². The second-order valence-electron chi connectivity index (χ2n) is 7.27. The van der Waals surface area contributed by atoms with Gasteiger partial charge in [-0.1, -0.05) is 0 Å². The number of esters is 2. The Morgan fingerprint density at radius 1 is 1.26 bits per heavy atom. The first-order valence-electron chi connectivity index (χ1n) is 7.20. The molecule has 0 aromatic rings. The Bertz CT molecular complexity index is 659. The summed E-state index contributed by atoms with van der Waals surface area (Å²) in [7, 11) is -3.66. The lowest BCUT2D eigenvalue weighted by Gasteiger charge is -2.36. The maximum absolute atomic E-state index is 12.4. The van der Waals surface area contributed by atoms with Gasteiger partial charge >= 0.3 is 11.9 Å². The van der Waals surface area contributed by atoms with E-state index in [2.05, 4.69) is 0 Å². The first-order chi connectivity index (χ1) is 10.3. The lowest BCUT2D eigenvalue weighted by atomic mass is 9.97. The molecule has 2 heterocycles. The number of β-lactam (4-membered cyclic amide) rings is 1. The van der Waals surface area contributed by atoms with Gasteiger partial charge in [0.1, 0.15) is 11.4 Å². The van der Waals surface area contributed by atoms with Gasteiger partial charge in [0.05, 0.1) is 16.6 Å². The molecular weight excluding hydrogens is 326 g/mol. The van der Waals surface area contributed by atoms with Crippen molar-refractivity contribution in [2.45, 2.75) is 57.2 Å². The molecular formula is C14H21NO7S. The topological polar surface area (TPSA) is 107 Å². The van der Waals surface area contributed by atoms with Crippen LogP contribution in [0.5, 0.6) is 0 Å². The molecule has 2 aliphatic rings. The molecule has 0 N–H and O–H groups in total. The Morgan fingerprint density at radius 2 is 1.83 bits per heavy atom. The summed E-state index contributed by atoms with van der Waals surface area (Å²) >= 11 is 0. The van der Waals surface area contributed by atoms with Crippen LogP contribution in [0.3, 0.4) is 0 Å². The van der Waals surface area contributed by atoms with E-state index in [9.17, 15) is 22.8 Å². The number of hydrogen-bond donors (Lipinski definition) is 0. The summed E-state index contributed by atoms with van der Waals surface area (Å²) in [6.45, 7) is 7.10. The number of rotatable bonds is 3. The average molecular weight is 347 g/mol. The van der Waals surface area contributed by atoms with Gasteiger partial charge in [0.2, 0.25) is 12.7 Å². The van der Waals surface area contributed by atoms with Crippen molar-refractivity contribution in [2.24, 2.45) is 5.41 Å². The average Bonchev–Trinajstić information content (AvgIpc) is 2.51. The zero-order valence-corrected chi connectivity index (χ0v) is 14.6. The summed E-state index contributed by atoms with van der Waals surface area (Å²) in [4.78, 5) is 36.6. The van der Waals surface area contributed by atoms with Crippen LogP contribution in [0, 0.1) is 5.41 Å². The van der Waals surface area contributed by atoms with Gasteiger partial charge in [-0.2, -0.15) is 0 Å². The number of hydrogen-bond acceptors (Lipinski definition) is 7. The number of carbonyl (C=O) groups is 3. The third-order valence-corrected chi connectivity index (χ3v) is 7.00. The third-order valence-electron chi connectivity index (χ3n) is 4.20. The smallest absolute Gasteiger partial charge is 0.333 e. The maximum atomic E-state index is 12.4. The molecule has 0 radical (unpaired) electrons. The van der Waals surface area contributed by atoms with E-state index in [0.29, 0.717) is 0 Å². The van der Waals surface area contributed by atoms with Crippen LogP contribution in [0.4, 0.5) is 0 Å². The minimum atomic E-state index is -3.66. The highest BCUT2D eigenvalue weighted by atomic mass is 32.2. The van der Waals surface area contributed by atoms with Crippen molar-refractivity contribution in [1.82, 2.24) is 4.90 Å². The number of nitrogens with zero attached hydrogens (tertiary/aromatic N) is 1. The summed E-state index contributed by atoms with van der Waals surface area (Å²) in [6.07, 6.45) is -0.117. The first kappa shape index (κ1) is 17.7. The second kappa shape index (κ2) is 5.19. The predicted octanol–water partition coefficient (Wildman–Crippen LogP) is 0.210. The molecule has 0 spiro atoms. The van der Waals surface area contributed by atoms with Gasteiger partial charge in [-0.05, 0) is 34.6 Å². The minimum absolute atomic E-state index is 0.117. The molecule has 8 nitrogen and oxygen atoms in total. The molecule has 0 unspecified atom stereocenters. The highest BCUT2D eigenvalue weighted by molar-refractivity contribution is 7.93. The number of fused-ring (bicyclic) bond motifs is 1. The Hall–Kier alpha value is -1.64. The molecule has 2 fully saturated rings. The normalized spacial score (nSPS) is 27.9. The molecule has 1 amide bonds. The summed E-state index contributed by atoms with van der Waals surface area (Å²) < 4.78 is 33.0. The van der Waals surface area contributed by atoms with E-state index in [0.717, 1.165) is 4.90 Å². The Morgan fingerprint density at radius 3 is 2.30 bits per heavy atom. The molecule has 2 rings (SSSR count). The van der Waals surface area contributed by atoms with Gasteiger partial charge in [0, 0.05) is 0 Å². The SMILES string of the molecule is CC(C)(C)C(=O)OCOC(=O)[C@H]1N2C(=O)C[C@@H]2S(=O)(=O)C1(C)C. The van der Waals surface area contributed by atoms with Gasteiger partial charge in [0.15, 0.2) is 9.84 Å². The zero-order chi connectivity index (χ0) is 17.8. The quantitative estimate of drug-likeness (QED) is 0.408. The van der Waals surface area contributed by atoms with E-state index in [1.807, 2.05) is 0 Å². The Labute approximate surface area is 135 Å². The maximum Gasteiger partial charge on any atom is 0.333 e. The van der Waals surface area contributed by atoms with Gasteiger partial charge in [-0.15, -0.1) is 0 Å². The van der Waals surface area contributed by atoms with E-state index >= 15 is 0 Å². The Balaban J connectivity index is 2.07. The fourth-order valence-corrected chi connectivity index (χ4v) is 4.77. The summed E-state index contributed by atoms with van der Waals surface area (Å²) in [5.41, 5.74) is -0.749. The highest BCUT2D eigenvalue weighted by Gasteiger charge is 2.68. The fourth-order valence-electron chi connectivity index (χ4n) is 2.65. The summed E-state index contributed by atoms with van der Waals surface area (Å²) in [5.74, 6) is -1.85. The van der Waals surface area contributed by atoms with Crippen LogP contribution in [0.2, 0.25) is 0 Å². The van der Waals surface area contributed by atoms with Crippen LogP contribution in [-0.2, 0) is 33.7 Å². The number of carbonyl (C=O) groups excluding carboxylic acids is 3. The first-order valence-corrected chi connectivity index (χ1v) is 8.75. The molecule has 0 aromatic heterocycles. The fraction of sp³-hybridized carbons (Fsp3) is 0.786. The van der Waals surface area contributed by atoms with E-state index in [1.54, 1.807) is 20.8 Å². The number of ether oxygens (including phenoxy) is 2. The lowest BCUT2D eigenvalue weighted by molar-refractivity contribution is -0.179. The largest absolute Gasteiger partial charge is 0.427 e. The van der Waals surface area contributed by atoms with Crippen molar-refractivity contribution in [3.05, 3.63) is 0 Å². The number of amides is 1. The highest BCUT2D eigenvalue weighted by Crippen LogP contribution is 2.45. The molecule has 2 atom stereocenters. The van der Waals surface area contributed by atoms with E-state index in [-0.39, 0.29) is 6.42 Å². The minimum Gasteiger partial charge on any atom is -0.427 e. The van der Waals surface area contributed by atoms with E-state index in [4.69, 9.17) is 9.47 Å². The third kappa shape index (κ3) is 2.60. The van der Waals surface area contributed by atoms with Crippen molar-refractivity contribution in [1.29, 1.82) is 0 Å². The lowest BCUT2D eigenvalue weighted by Crippen LogP contribution is -2.57. The van der Waals surface area contributed by atoms with Crippen molar-refractivity contribution in [3.8, 4) is 0 Å².